The summed E-state index contributed by atoms with van der Waals surface area (Å²) in [4.78, 5) is 1.75. The van der Waals surface area contributed by atoms with Gasteiger partial charge in [-0.1, -0.05) is 33.6 Å². The summed E-state index contributed by atoms with van der Waals surface area (Å²) in [7, 11) is 0. The van der Waals surface area contributed by atoms with Gasteiger partial charge in [-0.3, -0.25) is 4.90 Å². The largest absolute Gasteiger partial charge is 0.488 e. The van der Waals surface area contributed by atoms with Crippen LogP contribution in [-0.4, -0.2) is 42.4 Å². The first-order chi connectivity index (χ1) is 9.08. The average molecular weight is 334 g/mol. The maximum atomic E-state index is 12.5. The Morgan fingerprint density at radius 3 is 2.95 bits per heavy atom. The molecular weight excluding hydrogens is 316 g/mol. The molecule has 5 heteroatoms. The second-order valence-electron chi connectivity index (χ2n) is 4.89. The van der Waals surface area contributed by atoms with Crippen molar-refractivity contribution in [2.24, 2.45) is 0 Å². The van der Waals surface area contributed by atoms with Gasteiger partial charge in [0.25, 0.3) is 6.43 Å². The van der Waals surface area contributed by atoms with Gasteiger partial charge in [0.1, 0.15) is 11.9 Å². The molecule has 1 atom stereocenters. The summed E-state index contributed by atoms with van der Waals surface area (Å²) in [5.41, 5.74) is 2.38. The minimum absolute atomic E-state index is 0.0189. The Labute approximate surface area is 120 Å². The molecule has 0 spiro atoms. The lowest BCUT2D eigenvalue weighted by Crippen LogP contribution is -2.38. The average Bonchev–Trinajstić information content (AvgIpc) is 2.69. The van der Waals surface area contributed by atoms with E-state index in [9.17, 15) is 8.78 Å². The van der Waals surface area contributed by atoms with Crippen LogP contribution in [0.25, 0.3) is 0 Å². The molecule has 19 heavy (non-hydrogen) atoms. The molecule has 2 rings (SSSR count). The van der Waals surface area contributed by atoms with E-state index in [1.807, 2.05) is 19.1 Å². The van der Waals surface area contributed by atoms with Crippen molar-refractivity contribution in [3.63, 3.8) is 0 Å². The van der Waals surface area contributed by atoms with Gasteiger partial charge < -0.3 is 4.74 Å². The van der Waals surface area contributed by atoms with Crippen LogP contribution in [0.1, 0.15) is 11.1 Å². The second-order valence-corrected chi connectivity index (χ2v) is 5.69. The molecule has 0 aliphatic carbocycles. The number of alkyl halides is 3. The Kier molecular flexibility index (Phi) is 5.16. The summed E-state index contributed by atoms with van der Waals surface area (Å²) >= 11 is 3.30. The quantitative estimate of drug-likeness (QED) is 0.741. The van der Waals surface area contributed by atoms with Gasteiger partial charge in [0.2, 0.25) is 0 Å². The van der Waals surface area contributed by atoms with Crippen molar-refractivity contribution in [2.45, 2.75) is 25.9 Å². The third-order valence-corrected chi connectivity index (χ3v) is 3.57. The zero-order chi connectivity index (χ0) is 13.8. The first-order valence-corrected chi connectivity index (χ1v) is 7.53. The Morgan fingerprint density at radius 2 is 2.26 bits per heavy atom. The third kappa shape index (κ3) is 4.14. The highest BCUT2D eigenvalue weighted by Gasteiger charge is 2.25. The second kappa shape index (κ2) is 6.66. The molecule has 0 fully saturated rings. The Hall–Kier alpha value is -0.680. The van der Waals surface area contributed by atoms with E-state index in [4.69, 9.17) is 4.74 Å². The number of nitrogens with zero attached hydrogens (tertiary/aromatic N) is 1. The number of ether oxygens (including phenoxy) is 1. The van der Waals surface area contributed by atoms with Crippen LogP contribution in [0.2, 0.25) is 0 Å². The molecule has 106 valence electrons. The number of halogens is 3. The van der Waals surface area contributed by atoms with Gasteiger partial charge in [0.05, 0.1) is 6.54 Å². The Morgan fingerprint density at radius 1 is 1.47 bits per heavy atom. The molecule has 2 nitrogen and oxygen atoms in total. The van der Waals surface area contributed by atoms with E-state index >= 15 is 0 Å². The lowest BCUT2D eigenvalue weighted by atomic mass is 10.1. The lowest BCUT2D eigenvalue weighted by Gasteiger charge is -2.24. The van der Waals surface area contributed by atoms with Crippen LogP contribution in [0.15, 0.2) is 18.2 Å². The maximum Gasteiger partial charge on any atom is 0.251 e. The molecule has 1 unspecified atom stereocenters. The fourth-order valence-electron chi connectivity index (χ4n) is 2.41. The number of hydrogen-bond acceptors (Lipinski definition) is 2. The van der Waals surface area contributed by atoms with E-state index < -0.39 is 6.43 Å². The van der Waals surface area contributed by atoms with E-state index in [0.29, 0.717) is 18.4 Å². The summed E-state index contributed by atoms with van der Waals surface area (Å²) in [5, 5.41) is 0.693. The zero-order valence-corrected chi connectivity index (χ0v) is 12.5. The lowest BCUT2D eigenvalue weighted by molar-refractivity contribution is 0.0704. The van der Waals surface area contributed by atoms with Crippen molar-refractivity contribution in [3.05, 3.63) is 29.3 Å². The van der Waals surface area contributed by atoms with Gasteiger partial charge in [-0.2, -0.15) is 0 Å². The zero-order valence-electron chi connectivity index (χ0n) is 10.9. The van der Waals surface area contributed by atoms with Crippen molar-refractivity contribution < 1.29 is 13.5 Å². The molecule has 1 aliphatic heterocycles. The number of fused-ring (bicyclic) bond motifs is 1. The minimum atomic E-state index is -2.30. The SMILES string of the molecule is Cc1ccc2c(c1)CC(CN(CCBr)CC(F)F)O2. The molecule has 0 N–H and O–H groups in total. The number of hydrogen-bond donors (Lipinski definition) is 0. The molecule has 0 amide bonds. The molecule has 1 aliphatic rings. The Bertz CT molecular complexity index is 428. The Balaban J connectivity index is 1.94. The molecule has 0 saturated carbocycles. The van der Waals surface area contributed by atoms with E-state index in [1.165, 1.54) is 11.1 Å². The van der Waals surface area contributed by atoms with E-state index in [-0.39, 0.29) is 12.6 Å². The first-order valence-electron chi connectivity index (χ1n) is 6.41. The first kappa shape index (κ1) is 14.7. The molecule has 1 aromatic carbocycles. The van der Waals surface area contributed by atoms with Crippen molar-refractivity contribution in [3.8, 4) is 5.75 Å². The number of benzene rings is 1. The highest BCUT2D eigenvalue weighted by Crippen LogP contribution is 2.29. The van der Waals surface area contributed by atoms with Crippen molar-refractivity contribution in [2.75, 3.05) is 25.0 Å². The van der Waals surface area contributed by atoms with Crippen LogP contribution in [0.3, 0.4) is 0 Å². The fraction of sp³-hybridized carbons (Fsp3) is 0.571. The summed E-state index contributed by atoms with van der Waals surface area (Å²) < 4.78 is 30.8. The maximum absolute atomic E-state index is 12.5. The van der Waals surface area contributed by atoms with Gasteiger partial charge >= 0.3 is 0 Å². The molecular formula is C14H18BrF2NO. The van der Waals surface area contributed by atoms with Crippen molar-refractivity contribution in [1.82, 2.24) is 4.90 Å². The van der Waals surface area contributed by atoms with Gasteiger partial charge in [-0.05, 0) is 18.6 Å². The van der Waals surface area contributed by atoms with Crippen LogP contribution < -0.4 is 4.74 Å². The summed E-state index contributed by atoms with van der Waals surface area (Å²) in [6, 6.07) is 6.08. The highest BCUT2D eigenvalue weighted by molar-refractivity contribution is 9.09. The summed E-state index contributed by atoms with van der Waals surface area (Å²) in [6.45, 7) is 3.01. The summed E-state index contributed by atoms with van der Waals surface area (Å²) in [6.07, 6.45) is -1.52. The van der Waals surface area contributed by atoms with E-state index in [2.05, 4.69) is 22.0 Å². The van der Waals surface area contributed by atoms with Gasteiger partial charge in [0, 0.05) is 24.8 Å². The van der Waals surface area contributed by atoms with Crippen molar-refractivity contribution in [1.29, 1.82) is 0 Å². The van der Waals surface area contributed by atoms with E-state index in [1.54, 1.807) is 4.90 Å². The predicted molar refractivity (Wildman–Crippen MR) is 75.5 cm³/mol. The van der Waals surface area contributed by atoms with Gasteiger partial charge in [-0.15, -0.1) is 0 Å². The van der Waals surface area contributed by atoms with Crippen molar-refractivity contribution >= 4 is 15.9 Å². The topological polar surface area (TPSA) is 12.5 Å². The third-order valence-electron chi connectivity index (χ3n) is 3.22. The smallest absolute Gasteiger partial charge is 0.251 e. The molecule has 1 heterocycles. The molecule has 0 radical (unpaired) electrons. The number of aryl methyl sites for hydroxylation is 1. The molecule has 0 aromatic heterocycles. The predicted octanol–water partition coefficient (Wildman–Crippen LogP) is 3.26. The van der Waals surface area contributed by atoms with Gasteiger partial charge in [0.15, 0.2) is 0 Å². The van der Waals surface area contributed by atoms with E-state index in [0.717, 1.165) is 12.2 Å². The highest BCUT2D eigenvalue weighted by atomic mass is 79.9. The summed E-state index contributed by atoms with van der Waals surface area (Å²) in [5.74, 6) is 0.895. The monoisotopic (exact) mass is 333 g/mol. The van der Waals surface area contributed by atoms with Crippen LogP contribution in [0, 0.1) is 6.92 Å². The molecule has 0 saturated heterocycles. The molecule has 1 aromatic rings. The van der Waals surface area contributed by atoms with Crippen LogP contribution in [-0.2, 0) is 6.42 Å². The van der Waals surface area contributed by atoms with Gasteiger partial charge in [-0.25, -0.2) is 8.78 Å². The molecule has 0 bridgehead atoms. The van der Waals surface area contributed by atoms with Crippen LogP contribution >= 0.6 is 15.9 Å². The number of rotatable bonds is 6. The standard InChI is InChI=1S/C14H18BrF2NO/c1-10-2-3-13-11(6-10)7-12(19-13)8-18(5-4-15)9-14(16)17/h2-3,6,12,14H,4-5,7-9H2,1H3. The fourth-order valence-corrected chi connectivity index (χ4v) is 2.91. The normalized spacial score (nSPS) is 17.9. The van der Waals surface area contributed by atoms with Crippen LogP contribution in [0.5, 0.6) is 5.75 Å². The van der Waals surface area contributed by atoms with Crippen LogP contribution in [0.4, 0.5) is 8.78 Å². The minimum Gasteiger partial charge on any atom is -0.488 e.